The third-order valence-corrected chi connectivity index (χ3v) is 5.75. The molecule has 1 aliphatic rings. The van der Waals surface area contributed by atoms with Gasteiger partial charge in [0.05, 0.1) is 27.9 Å². The summed E-state index contributed by atoms with van der Waals surface area (Å²) in [6.07, 6.45) is 6.05. The van der Waals surface area contributed by atoms with Gasteiger partial charge in [-0.3, -0.25) is 4.90 Å². The van der Waals surface area contributed by atoms with Crippen molar-refractivity contribution in [2.75, 3.05) is 41.0 Å². The maximum absolute atomic E-state index is 11.3. The minimum Gasteiger partial charge on any atom is -0.497 e. The first kappa shape index (κ1) is 22.8. The molecule has 0 aromatic heterocycles. The molecule has 0 spiro atoms. The van der Waals surface area contributed by atoms with E-state index in [0.29, 0.717) is 6.54 Å². The van der Waals surface area contributed by atoms with Gasteiger partial charge in [-0.2, -0.15) is 0 Å². The molecule has 0 aliphatic heterocycles. The summed E-state index contributed by atoms with van der Waals surface area (Å²) in [5.41, 5.74) is 4.72. The number of rotatable bonds is 10. The summed E-state index contributed by atoms with van der Waals surface area (Å²) in [7, 11) is 4.68. The van der Waals surface area contributed by atoms with E-state index in [1.807, 2.05) is 24.3 Å². The van der Waals surface area contributed by atoms with E-state index in [-0.39, 0.29) is 18.6 Å². The number of fused-ring (bicyclic) bond motifs is 1. The smallest absolute Gasteiger partial charge is 0.330 e. The van der Waals surface area contributed by atoms with E-state index in [1.165, 1.54) is 24.3 Å². The van der Waals surface area contributed by atoms with Crippen molar-refractivity contribution in [1.29, 1.82) is 0 Å². The quantitative estimate of drug-likeness (QED) is 0.465. The summed E-state index contributed by atoms with van der Waals surface area (Å²) in [5, 5.41) is 9.66. The van der Waals surface area contributed by atoms with Gasteiger partial charge in [0.25, 0.3) is 0 Å². The lowest BCUT2D eigenvalue weighted by molar-refractivity contribution is -0.134. The molecule has 0 saturated heterocycles. The van der Waals surface area contributed by atoms with Crippen LogP contribution < -0.4 is 9.47 Å². The standard InChI is InChI=1S/C25H31NO5/c1-29-21-15-19(16-22(17-21)30-2)10-11-26(12-13-27)24-8-6-20-14-18(4-7-23(20)24)5-9-25(28)31-3/h4-5,7,9,14-17,24,27H,6,8,10-13H2,1-3H3. The third kappa shape index (κ3) is 5.87. The van der Waals surface area contributed by atoms with E-state index < -0.39 is 0 Å². The second-order valence-corrected chi connectivity index (χ2v) is 7.60. The SMILES string of the molecule is COC(=O)C=Cc1ccc2c(c1)CCC2N(CCO)CCc1cc(OC)cc(OC)c1. The lowest BCUT2D eigenvalue weighted by Gasteiger charge is -2.29. The van der Waals surface area contributed by atoms with Crippen LogP contribution in [0.5, 0.6) is 11.5 Å². The second kappa shape index (κ2) is 11.0. The monoisotopic (exact) mass is 425 g/mol. The Morgan fingerprint density at radius 1 is 1.10 bits per heavy atom. The van der Waals surface area contributed by atoms with Gasteiger partial charge in [0, 0.05) is 31.3 Å². The number of nitrogens with zero attached hydrogens (tertiary/aromatic N) is 1. The molecule has 1 atom stereocenters. The number of aliphatic hydroxyl groups excluding tert-OH is 1. The van der Waals surface area contributed by atoms with Gasteiger partial charge < -0.3 is 19.3 Å². The zero-order chi connectivity index (χ0) is 22.2. The molecule has 31 heavy (non-hydrogen) atoms. The molecule has 0 amide bonds. The number of hydrogen-bond acceptors (Lipinski definition) is 6. The molecule has 166 valence electrons. The number of ether oxygens (including phenoxy) is 3. The number of aliphatic hydroxyl groups is 1. The number of esters is 1. The molecule has 0 radical (unpaired) electrons. The topological polar surface area (TPSA) is 68.2 Å². The van der Waals surface area contributed by atoms with Gasteiger partial charge in [-0.05, 0) is 59.7 Å². The average molecular weight is 426 g/mol. The van der Waals surface area contributed by atoms with Gasteiger partial charge in [0.15, 0.2) is 0 Å². The van der Waals surface area contributed by atoms with Crippen LogP contribution >= 0.6 is 0 Å². The highest BCUT2D eigenvalue weighted by molar-refractivity contribution is 5.86. The molecule has 2 aromatic rings. The molecular formula is C25H31NO5. The van der Waals surface area contributed by atoms with Gasteiger partial charge in [-0.1, -0.05) is 18.2 Å². The molecule has 0 saturated carbocycles. The van der Waals surface area contributed by atoms with Crippen molar-refractivity contribution < 1.29 is 24.1 Å². The Kier molecular flexibility index (Phi) is 8.09. The van der Waals surface area contributed by atoms with Gasteiger partial charge in [-0.15, -0.1) is 0 Å². The summed E-state index contributed by atoms with van der Waals surface area (Å²) in [4.78, 5) is 13.7. The maximum atomic E-state index is 11.3. The minimum atomic E-state index is -0.360. The summed E-state index contributed by atoms with van der Waals surface area (Å²) in [6, 6.07) is 12.5. The zero-order valence-corrected chi connectivity index (χ0v) is 18.5. The fourth-order valence-corrected chi connectivity index (χ4v) is 4.17. The van der Waals surface area contributed by atoms with E-state index in [9.17, 15) is 9.90 Å². The number of carbonyl (C=O) groups excluding carboxylic acids is 1. The molecule has 1 unspecified atom stereocenters. The summed E-state index contributed by atoms with van der Waals surface area (Å²) in [5.74, 6) is 1.20. The number of carbonyl (C=O) groups is 1. The van der Waals surface area contributed by atoms with Crippen LogP contribution in [0.4, 0.5) is 0 Å². The summed E-state index contributed by atoms with van der Waals surface area (Å²) >= 11 is 0. The maximum Gasteiger partial charge on any atom is 0.330 e. The Morgan fingerprint density at radius 3 is 2.48 bits per heavy atom. The fourth-order valence-electron chi connectivity index (χ4n) is 4.17. The molecule has 0 bridgehead atoms. The summed E-state index contributed by atoms with van der Waals surface area (Å²) < 4.78 is 15.4. The highest BCUT2D eigenvalue weighted by Gasteiger charge is 2.27. The van der Waals surface area contributed by atoms with E-state index in [2.05, 4.69) is 21.8 Å². The molecule has 6 nitrogen and oxygen atoms in total. The Labute approximate surface area is 184 Å². The van der Waals surface area contributed by atoms with Crippen molar-refractivity contribution in [3.63, 3.8) is 0 Å². The lowest BCUT2D eigenvalue weighted by Crippen LogP contribution is -2.32. The zero-order valence-electron chi connectivity index (χ0n) is 18.5. The Balaban J connectivity index is 1.73. The Morgan fingerprint density at radius 2 is 1.84 bits per heavy atom. The molecule has 6 heteroatoms. The summed E-state index contributed by atoms with van der Waals surface area (Å²) in [6.45, 7) is 1.56. The number of benzene rings is 2. The van der Waals surface area contributed by atoms with Crippen molar-refractivity contribution >= 4 is 12.0 Å². The van der Waals surface area contributed by atoms with Crippen LogP contribution in [0, 0.1) is 0 Å². The second-order valence-electron chi connectivity index (χ2n) is 7.60. The van der Waals surface area contributed by atoms with Crippen molar-refractivity contribution in [2.45, 2.75) is 25.3 Å². The fraction of sp³-hybridized carbons (Fsp3) is 0.400. The van der Waals surface area contributed by atoms with Gasteiger partial charge in [0.2, 0.25) is 0 Å². The molecular weight excluding hydrogens is 394 g/mol. The molecule has 0 heterocycles. The molecule has 2 aromatic carbocycles. The number of hydrogen-bond donors (Lipinski definition) is 1. The molecule has 0 fully saturated rings. The average Bonchev–Trinajstić information content (AvgIpc) is 3.22. The van der Waals surface area contributed by atoms with Crippen molar-refractivity contribution in [3.8, 4) is 11.5 Å². The minimum absolute atomic E-state index is 0.118. The van der Waals surface area contributed by atoms with Crippen LogP contribution in [-0.2, 0) is 22.4 Å². The van der Waals surface area contributed by atoms with E-state index >= 15 is 0 Å². The van der Waals surface area contributed by atoms with E-state index in [0.717, 1.165) is 48.4 Å². The molecule has 3 rings (SSSR count). The lowest BCUT2D eigenvalue weighted by atomic mass is 10.0. The largest absolute Gasteiger partial charge is 0.497 e. The van der Waals surface area contributed by atoms with Gasteiger partial charge >= 0.3 is 5.97 Å². The van der Waals surface area contributed by atoms with Crippen LogP contribution in [0.3, 0.4) is 0 Å². The van der Waals surface area contributed by atoms with Gasteiger partial charge in [0.1, 0.15) is 11.5 Å². The Hall–Kier alpha value is -2.83. The number of aryl methyl sites for hydroxylation is 1. The van der Waals surface area contributed by atoms with Crippen LogP contribution in [0.1, 0.15) is 34.7 Å². The van der Waals surface area contributed by atoms with Gasteiger partial charge in [-0.25, -0.2) is 4.79 Å². The molecule has 1 aliphatic carbocycles. The first-order valence-corrected chi connectivity index (χ1v) is 10.5. The highest BCUT2D eigenvalue weighted by atomic mass is 16.5. The molecule has 1 N–H and O–H groups in total. The normalized spacial score (nSPS) is 15.3. The van der Waals surface area contributed by atoms with Crippen LogP contribution in [0.15, 0.2) is 42.5 Å². The van der Waals surface area contributed by atoms with Crippen LogP contribution in [-0.4, -0.2) is 57.0 Å². The van der Waals surface area contributed by atoms with Crippen LogP contribution in [0.25, 0.3) is 6.08 Å². The first-order chi connectivity index (χ1) is 15.1. The van der Waals surface area contributed by atoms with Crippen molar-refractivity contribution in [3.05, 3.63) is 64.7 Å². The predicted octanol–water partition coefficient (Wildman–Crippen LogP) is 3.41. The Bertz CT molecular complexity index is 902. The number of methoxy groups -OCH3 is 3. The predicted molar refractivity (Wildman–Crippen MR) is 120 cm³/mol. The van der Waals surface area contributed by atoms with Crippen molar-refractivity contribution in [2.24, 2.45) is 0 Å². The van der Waals surface area contributed by atoms with Crippen molar-refractivity contribution in [1.82, 2.24) is 4.90 Å². The van der Waals surface area contributed by atoms with Crippen LogP contribution in [0.2, 0.25) is 0 Å². The van der Waals surface area contributed by atoms with E-state index in [1.54, 1.807) is 20.3 Å². The third-order valence-electron chi connectivity index (χ3n) is 5.75. The van der Waals surface area contributed by atoms with E-state index in [4.69, 9.17) is 9.47 Å². The highest BCUT2D eigenvalue weighted by Crippen LogP contribution is 2.36. The first-order valence-electron chi connectivity index (χ1n) is 10.5.